The molecule has 1 amide bonds. The van der Waals surface area contributed by atoms with Crippen LogP contribution in [0.25, 0.3) is 0 Å². The molecule has 7 heteroatoms. The minimum absolute atomic E-state index is 0.0593. The molecule has 2 aliphatic rings. The first-order valence-corrected chi connectivity index (χ1v) is 7.72. The quantitative estimate of drug-likeness (QED) is 0.523. The number of carbonyl (C=O) groups is 1. The number of benzene rings is 1. The lowest BCUT2D eigenvalue weighted by atomic mass is 10.1. The van der Waals surface area contributed by atoms with E-state index in [9.17, 15) is 14.9 Å². The zero-order valence-corrected chi connectivity index (χ0v) is 12.7. The molecule has 0 spiro atoms. The van der Waals surface area contributed by atoms with Gasteiger partial charge in [0.25, 0.3) is 11.6 Å². The highest BCUT2D eigenvalue weighted by molar-refractivity contribution is 5.95. The number of hydrogen-bond acceptors (Lipinski definition) is 5. The second kappa shape index (κ2) is 6.78. The lowest BCUT2D eigenvalue weighted by molar-refractivity contribution is -0.384. The predicted octanol–water partition coefficient (Wildman–Crippen LogP) is 2.20. The number of nitro benzene ring substituents is 1. The summed E-state index contributed by atoms with van der Waals surface area (Å²) < 4.78 is 5.22. The number of ether oxygens (including phenoxy) is 1. The highest BCUT2D eigenvalue weighted by atomic mass is 16.6. The number of rotatable bonds is 4. The number of amides is 1. The number of carbonyl (C=O) groups excluding carboxylic acids is 1. The second-order valence-corrected chi connectivity index (χ2v) is 5.68. The Balaban J connectivity index is 1.80. The van der Waals surface area contributed by atoms with E-state index in [1.54, 1.807) is 17.0 Å². The van der Waals surface area contributed by atoms with Crippen LogP contribution < -0.4 is 5.32 Å². The normalized spacial score (nSPS) is 18.2. The van der Waals surface area contributed by atoms with Crippen molar-refractivity contribution in [2.45, 2.75) is 18.9 Å². The van der Waals surface area contributed by atoms with E-state index in [-0.39, 0.29) is 17.6 Å². The Bertz CT molecular complexity index is 630. The number of anilines is 1. The van der Waals surface area contributed by atoms with Crippen molar-refractivity contribution in [3.63, 3.8) is 0 Å². The molecule has 1 N–H and O–H groups in total. The molecule has 1 heterocycles. The summed E-state index contributed by atoms with van der Waals surface area (Å²) in [5.41, 5.74) is 0.743. The van der Waals surface area contributed by atoms with Crippen LogP contribution in [0.4, 0.5) is 11.4 Å². The van der Waals surface area contributed by atoms with E-state index in [1.807, 2.05) is 0 Å². The van der Waals surface area contributed by atoms with Crippen LogP contribution in [-0.2, 0) is 4.74 Å². The molecule has 1 fully saturated rings. The van der Waals surface area contributed by atoms with Gasteiger partial charge in [-0.1, -0.05) is 12.2 Å². The van der Waals surface area contributed by atoms with Gasteiger partial charge in [0, 0.05) is 30.8 Å². The molecule has 7 nitrogen and oxygen atoms in total. The molecule has 0 atom stereocenters. The number of nitro groups is 1. The summed E-state index contributed by atoms with van der Waals surface area (Å²) in [4.78, 5) is 25.0. The van der Waals surface area contributed by atoms with Crippen molar-refractivity contribution in [1.82, 2.24) is 4.90 Å². The molecule has 0 aromatic heterocycles. The fourth-order valence-electron chi connectivity index (χ4n) is 2.84. The van der Waals surface area contributed by atoms with Gasteiger partial charge in [0.1, 0.15) is 5.69 Å². The average molecular weight is 317 g/mol. The molecule has 0 bridgehead atoms. The Labute approximate surface area is 134 Å². The van der Waals surface area contributed by atoms with E-state index in [0.29, 0.717) is 37.6 Å². The first-order chi connectivity index (χ1) is 11.1. The highest BCUT2D eigenvalue weighted by Crippen LogP contribution is 2.28. The van der Waals surface area contributed by atoms with E-state index in [0.717, 1.165) is 12.8 Å². The number of hydrogen-bond donors (Lipinski definition) is 1. The highest BCUT2D eigenvalue weighted by Gasteiger charge is 2.23. The van der Waals surface area contributed by atoms with Crippen LogP contribution in [0, 0.1) is 10.1 Å². The number of morpholine rings is 1. The molecular formula is C16H19N3O4. The first kappa shape index (κ1) is 15.5. The zero-order valence-electron chi connectivity index (χ0n) is 12.7. The van der Waals surface area contributed by atoms with Gasteiger partial charge >= 0.3 is 0 Å². The fourth-order valence-corrected chi connectivity index (χ4v) is 2.84. The van der Waals surface area contributed by atoms with Crippen LogP contribution in [0.2, 0.25) is 0 Å². The van der Waals surface area contributed by atoms with Crippen molar-refractivity contribution in [3.8, 4) is 0 Å². The van der Waals surface area contributed by atoms with Gasteiger partial charge in [0.15, 0.2) is 0 Å². The third-order valence-corrected chi connectivity index (χ3v) is 4.11. The summed E-state index contributed by atoms with van der Waals surface area (Å²) in [5, 5.41) is 14.5. The molecule has 122 valence electrons. The molecule has 1 aromatic rings. The molecule has 0 unspecified atom stereocenters. The van der Waals surface area contributed by atoms with Gasteiger partial charge in [-0.25, -0.2) is 0 Å². The average Bonchev–Trinajstić information content (AvgIpc) is 3.08. The van der Waals surface area contributed by atoms with Crippen LogP contribution in [-0.4, -0.2) is 48.1 Å². The molecule has 1 aromatic carbocycles. The van der Waals surface area contributed by atoms with Gasteiger partial charge in [0.2, 0.25) is 0 Å². The van der Waals surface area contributed by atoms with Crippen molar-refractivity contribution in [2.75, 3.05) is 31.6 Å². The van der Waals surface area contributed by atoms with Crippen molar-refractivity contribution >= 4 is 17.3 Å². The van der Waals surface area contributed by atoms with E-state index in [1.165, 1.54) is 6.07 Å². The smallest absolute Gasteiger partial charge is 0.293 e. The lowest BCUT2D eigenvalue weighted by Crippen LogP contribution is -2.40. The molecular weight excluding hydrogens is 298 g/mol. The third kappa shape index (κ3) is 3.50. The number of nitrogens with zero attached hydrogens (tertiary/aromatic N) is 2. The second-order valence-electron chi connectivity index (χ2n) is 5.68. The minimum atomic E-state index is -0.444. The Hall–Kier alpha value is -2.41. The van der Waals surface area contributed by atoms with Gasteiger partial charge in [-0.3, -0.25) is 14.9 Å². The maximum atomic E-state index is 12.4. The Kier molecular flexibility index (Phi) is 4.57. The van der Waals surface area contributed by atoms with Crippen LogP contribution in [0.3, 0.4) is 0 Å². The van der Waals surface area contributed by atoms with Gasteiger partial charge in [0.05, 0.1) is 18.1 Å². The fraction of sp³-hybridized carbons (Fsp3) is 0.438. The summed E-state index contributed by atoms with van der Waals surface area (Å²) >= 11 is 0. The monoisotopic (exact) mass is 317 g/mol. The molecule has 1 aliphatic heterocycles. The molecule has 3 rings (SSSR count). The zero-order chi connectivity index (χ0) is 16.2. The maximum absolute atomic E-state index is 12.4. The molecule has 1 saturated heterocycles. The van der Waals surface area contributed by atoms with Gasteiger partial charge < -0.3 is 15.0 Å². The Morgan fingerprint density at radius 1 is 1.26 bits per heavy atom. The van der Waals surface area contributed by atoms with Crippen molar-refractivity contribution < 1.29 is 14.5 Å². The Morgan fingerprint density at radius 3 is 2.61 bits per heavy atom. The lowest BCUT2D eigenvalue weighted by Gasteiger charge is -2.27. The minimum Gasteiger partial charge on any atom is -0.378 e. The maximum Gasteiger partial charge on any atom is 0.293 e. The van der Waals surface area contributed by atoms with Gasteiger partial charge in [-0.15, -0.1) is 0 Å². The van der Waals surface area contributed by atoms with E-state index >= 15 is 0 Å². The van der Waals surface area contributed by atoms with Crippen molar-refractivity contribution in [1.29, 1.82) is 0 Å². The number of nitrogens with one attached hydrogen (secondary N) is 1. The predicted molar refractivity (Wildman–Crippen MR) is 85.6 cm³/mol. The summed E-state index contributed by atoms with van der Waals surface area (Å²) in [6, 6.07) is 4.82. The molecule has 1 aliphatic carbocycles. The summed E-state index contributed by atoms with van der Waals surface area (Å²) in [7, 11) is 0. The SMILES string of the molecule is O=C(c1ccc(NC2CC=CC2)c([N+](=O)[O-])c1)N1CCOCC1. The standard InChI is InChI=1S/C16H19N3O4/c20-16(18-7-9-23-10-8-18)12-5-6-14(15(11-12)19(21)22)17-13-3-1-2-4-13/h1-2,5-6,11,13,17H,3-4,7-10H2. The van der Waals surface area contributed by atoms with Crippen molar-refractivity contribution in [2.24, 2.45) is 0 Å². The van der Waals surface area contributed by atoms with E-state index in [4.69, 9.17) is 4.74 Å². The van der Waals surface area contributed by atoms with Crippen LogP contribution in [0.5, 0.6) is 0 Å². The summed E-state index contributed by atoms with van der Waals surface area (Å²) in [6.45, 7) is 2.03. The van der Waals surface area contributed by atoms with Gasteiger partial charge in [-0.05, 0) is 25.0 Å². The van der Waals surface area contributed by atoms with E-state index in [2.05, 4.69) is 17.5 Å². The van der Waals surface area contributed by atoms with Crippen LogP contribution in [0.1, 0.15) is 23.2 Å². The topological polar surface area (TPSA) is 84.7 Å². The third-order valence-electron chi connectivity index (χ3n) is 4.11. The summed E-state index contributed by atoms with van der Waals surface area (Å²) in [6.07, 6.45) is 5.82. The molecule has 23 heavy (non-hydrogen) atoms. The van der Waals surface area contributed by atoms with Crippen LogP contribution >= 0.6 is 0 Å². The molecule has 0 radical (unpaired) electrons. The first-order valence-electron chi connectivity index (χ1n) is 7.72. The van der Waals surface area contributed by atoms with Gasteiger partial charge in [-0.2, -0.15) is 0 Å². The molecule has 0 saturated carbocycles. The largest absolute Gasteiger partial charge is 0.378 e. The Morgan fingerprint density at radius 2 is 1.96 bits per heavy atom. The van der Waals surface area contributed by atoms with Crippen LogP contribution in [0.15, 0.2) is 30.4 Å². The summed E-state index contributed by atoms with van der Waals surface area (Å²) in [5.74, 6) is -0.189. The van der Waals surface area contributed by atoms with E-state index < -0.39 is 4.92 Å². The van der Waals surface area contributed by atoms with Crippen molar-refractivity contribution in [3.05, 3.63) is 46.0 Å².